The molecule has 4 N–H and O–H groups in total. The highest BCUT2D eigenvalue weighted by molar-refractivity contribution is 5.71. The van der Waals surface area contributed by atoms with E-state index in [9.17, 15) is 18.0 Å². The van der Waals surface area contributed by atoms with Crippen LogP contribution < -0.4 is 16.4 Å². The van der Waals surface area contributed by atoms with Gasteiger partial charge in [-0.25, -0.2) is 18.0 Å². The Morgan fingerprint density at radius 1 is 1.18 bits per heavy atom. The number of urea groups is 1. The molecule has 0 aliphatic carbocycles. The number of nitrogens with one attached hydrogen (secondary N) is 2. The van der Waals surface area contributed by atoms with Crippen LogP contribution in [0.25, 0.3) is 0 Å². The van der Waals surface area contributed by atoms with Crippen molar-refractivity contribution < 1.29 is 18.0 Å². The van der Waals surface area contributed by atoms with Gasteiger partial charge in [-0.3, -0.25) is 0 Å². The number of hydrogen-bond donors (Lipinski definition) is 3. The van der Waals surface area contributed by atoms with Crippen molar-refractivity contribution in [2.75, 3.05) is 13.1 Å². The van der Waals surface area contributed by atoms with Crippen LogP contribution in [0.2, 0.25) is 0 Å². The molecule has 0 aliphatic heterocycles. The number of hydrogen-bond acceptors (Lipinski definition) is 2. The molecule has 4 nitrogen and oxygen atoms in total. The van der Waals surface area contributed by atoms with E-state index in [1.165, 1.54) is 0 Å². The van der Waals surface area contributed by atoms with Gasteiger partial charge in [0.2, 0.25) is 0 Å². The molecule has 1 aromatic rings. The van der Waals surface area contributed by atoms with E-state index in [0.29, 0.717) is 13.1 Å². The summed E-state index contributed by atoms with van der Waals surface area (Å²) in [6.45, 7) is 0.833. The SMILES string of the molecule is NC(=O)NCCNCc1cc(F)c(F)c(F)c1. The molecule has 0 aromatic heterocycles. The third-order valence-corrected chi connectivity index (χ3v) is 1.97. The summed E-state index contributed by atoms with van der Waals surface area (Å²) in [6, 6.07) is 1.17. The number of rotatable bonds is 5. The van der Waals surface area contributed by atoms with Gasteiger partial charge < -0.3 is 16.4 Å². The van der Waals surface area contributed by atoms with E-state index in [2.05, 4.69) is 10.6 Å². The normalized spacial score (nSPS) is 10.3. The van der Waals surface area contributed by atoms with Crippen LogP contribution in [-0.4, -0.2) is 19.1 Å². The highest BCUT2D eigenvalue weighted by Crippen LogP contribution is 2.13. The van der Waals surface area contributed by atoms with Crippen LogP contribution in [0.15, 0.2) is 12.1 Å². The molecule has 0 atom stereocenters. The van der Waals surface area contributed by atoms with Crippen molar-refractivity contribution in [1.29, 1.82) is 0 Å². The minimum absolute atomic E-state index is 0.161. The molecule has 0 bridgehead atoms. The maximum Gasteiger partial charge on any atom is 0.312 e. The van der Waals surface area contributed by atoms with E-state index >= 15 is 0 Å². The Balaban J connectivity index is 2.39. The molecule has 0 aliphatic rings. The summed E-state index contributed by atoms with van der Waals surface area (Å²) >= 11 is 0. The second-order valence-corrected chi connectivity index (χ2v) is 3.34. The molecule has 0 fully saturated rings. The smallest absolute Gasteiger partial charge is 0.312 e. The Kier molecular flexibility index (Phi) is 4.77. The largest absolute Gasteiger partial charge is 0.352 e. The summed E-state index contributed by atoms with van der Waals surface area (Å²) < 4.78 is 38.2. The third-order valence-electron chi connectivity index (χ3n) is 1.97. The molecule has 0 saturated carbocycles. The van der Waals surface area contributed by atoms with E-state index in [1.807, 2.05) is 0 Å². The molecule has 0 saturated heterocycles. The van der Waals surface area contributed by atoms with E-state index in [1.54, 1.807) is 0 Å². The zero-order valence-corrected chi connectivity index (χ0v) is 8.90. The zero-order valence-electron chi connectivity index (χ0n) is 8.90. The lowest BCUT2D eigenvalue weighted by Crippen LogP contribution is -2.35. The minimum Gasteiger partial charge on any atom is -0.352 e. The monoisotopic (exact) mass is 247 g/mol. The topological polar surface area (TPSA) is 67.2 Å². The summed E-state index contributed by atoms with van der Waals surface area (Å²) in [6.07, 6.45) is 0. The number of amides is 2. The lowest BCUT2D eigenvalue weighted by Gasteiger charge is -2.06. The Bertz CT molecular complexity index is 389. The van der Waals surface area contributed by atoms with Crippen molar-refractivity contribution in [1.82, 2.24) is 10.6 Å². The third kappa shape index (κ3) is 4.31. The van der Waals surface area contributed by atoms with Gasteiger partial charge in [-0.15, -0.1) is 0 Å². The second kappa shape index (κ2) is 6.09. The van der Waals surface area contributed by atoms with Crippen molar-refractivity contribution >= 4 is 6.03 Å². The number of primary amides is 1. The van der Waals surface area contributed by atoms with Crippen LogP contribution in [0.3, 0.4) is 0 Å². The summed E-state index contributed by atoms with van der Waals surface area (Å²) in [5.74, 6) is -3.93. The average Bonchev–Trinajstić information content (AvgIpc) is 2.25. The lowest BCUT2D eigenvalue weighted by molar-refractivity contribution is 0.249. The van der Waals surface area contributed by atoms with Crippen molar-refractivity contribution in [2.45, 2.75) is 6.54 Å². The predicted molar refractivity (Wildman–Crippen MR) is 55.6 cm³/mol. The Morgan fingerprint density at radius 2 is 1.76 bits per heavy atom. The maximum atomic E-state index is 12.8. The van der Waals surface area contributed by atoms with Gasteiger partial charge in [0.25, 0.3) is 0 Å². The van der Waals surface area contributed by atoms with Gasteiger partial charge in [-0.1, -0.05) is 0 Å². The van der Waals surface area contributed by atoms with Crippen molar-refractivity contribution in [3.63, 3.8) is 0 Å². The van der Waals surface area contributed by atoms with E-state index < -0.39 is 23.5 Å². The second-order valence-electron chi connectivity index (χ2n) is 3.34. The van der Waals surface area contributed by atoms with Gasteiger partial charge in [-0.05, 0) is 17.7 Å². The summed E-state index contributed by atoms with van der Waals surface area (Å²) in [7, 11) is 0. The van der Waals surface area contributed by atoms with Gasteiger partial charge in [0.1, 0.15) is 0 Å². The first-order valence-corrected chi connectivity index (χ1v) is 4.88. The van der Waals surface area contributed by atoms with Crippen molar-refractivity contribution in [3.8, 4) is 0 Å². The van der Waals surface area contributed by atoms with E-state index in [4.69, 9.17) is 5.73 Å². The van der Waals surface area contributed by atoms with Crippen LogP contribution in [0.5, 0.6) is 0 Å². The van der Waals surface area contributed by atoms with Gasteiger partial charge in [0.15, 0.2) is 17.5 Å². The van der Waals surface area contributed by atoms with Gasteiger partial charge in [0, 0.05) is 19.6 Å². The first kappa shape index (κ1) is 13.3. The zero-order chi connectivity index (χ0) is 12.8. The highest BCUT2D eigenvalue weighted by Gasteiger charge is 2.09. The van der Waals surface area contributed by atoms with Crippen LogP contribution in [-0.2, 0) is 6.54 Å². The standard InChI is InChI=1S/C10H12F3N3O/c11-7-3-6(4-8(12)9(7)13)5-15-1-2-16-10(14)17/h3-4,15H,1-2,5H2,(H3,14,16,17). The predicted octanol–water partition coefficient (Wildman–Crippen LogP) is 0.862. The number of halogens is 3. The molecule has 0 spiro atoms. The minimum atomic E-state index is -1.48. The van der Waals surface area contributed by atoms with Crippen molar-refractivity contribution in [3.05, 3.63) is 35.1 Å². The number of carbonyl (C=O) groups is 1. The lowest BCUT2D eigenvalue weighted by atomic mass is 10.2. The van der Waals surface area contributed by atoms with Crippen LogP contribution in [0, 0.1) is 17.5 Å². The number of carbonyl (C=O) groups excluding carboxylic acids is 1. The molecule has 1 rings (SSSR count). The van der Waals surface area contributed by atoms with Gasteiger partial charge in [-0.2, -0.15) is 0 Å². The maximum absolute atomic E-state index is 12.8. The first-order valence-electron chi connectivity index (χ1n) is 4.88. The number of nitrogens with two attached hydrogens (primary N) is 1. The summed E-state index contributed by atoms with van der Waals surface area (Å²) in [5.41, 5.74) is 5.10. The molecule has 0 heterocycles. The van der Waals surface area contributed by atoms with E-state index in [0.717, 1.165) is 12.1 Å². The van der Waals surface area contributed by atoms with E-state index in [-0.39, 0.29) is 12.1 Å². The molecule has 2 amide bonds. The first-order chi connectivity index (χ1) is 8.00. The van der Waals surface area contributed by atoms with Gasteiger partial charge >= 0.3 is 6.03 Å². The van der Waals surface area contributed by atoms with Crippen LogP contribution >= 0.6 is 0 Å². The van der Waals surface area contributed by atoms with Crippen molar-refractivity contribution in [2.24, 2.45) is 5.73 Å². The Labute approximate surface area is 96.0 Å². The average molecular weight is 247 g/mol. The Morgan fingerprint density at radius 3 is 2.29 bits per heavy atom. The molecular formula is C10H12F3N3O. The molecule has 1 aromatic carbocycles. The van der Waals surface area contributed by atoms with Crippen LogP contribution in [0.4, 0.5) is 18.0 Å². The molecular weight excluding hydrogens is 235 g/mol. The molecule has 7 heteroatoms. The summed E-state index contributed by atoms with van der Waals surface area (Å²) in [5, 5.41) is 5.14. The molecule has 0 unspecified atom stereocenters. The fourth-order valence-electron chi connectivity index (χ4n) is 1.22. The quantitative estimate of drug-likeness (QED) is 0.533. The fraction of sp³-hybridized carbons (Fsp3) is 0.300. The molecule has 17 heavy (non-hydrogen) atoms. The fourth-order valence-corrected chi connectivity index (χ4v) is 1.22. The number of benzene rings is 1. The molecule has 94 valence electrons. The Hall–Kier alpha value is -1.76. The molecule has 0 radical (unpaired) electrons. The summed E-state index contributed by atoms with van der Waals surface area (Å²) in [4.78, 5) is 10.3. The highest BCUT2D eigenvalue weighted by atomic mass is 19.2. The van der Waals surface area contributed by atoms with Gasteiger partial charge in [0.05, 0.1) is 0 Å². The van der Waals surface area contributed by atoms with Crippen LogP contribution in [0.1, 0.15) is 5.56 Å².